The molecule has 112 valence electrons. The number of hydrogen-bond donors (Lipinski definition) is 1. The third-order valence-corrected chi connectivity index (χ3v) is 5.49. The summed E-state index contributed by atoms with van der Waals surface area (Å²) in [5.41, 5.74) is 5.31. The molecule has 0 amide bonds. The van der Waals surface area contributed by atoms with Crippen LogP contribution in [0.1, 0.15) is 33.1 Å². The van der Waals surface area contributed by atoms with Crippen molar-refractivity contribution in [1.29, 1.82) is 0 Å². The van der Waals surface area contributed by atoms with Crippen LogP contribution >= 0.6 is 0 Å². The Morgan fingerprint density at radius 1 is 1.40 bits per heavy atom. The van der Waals surface area contributed by atoms with Crippen LogP contribution in [0.2, 0.25) is 0 Å². The highest BCUT2D eigenvalue weighted by Gasteiger charge is 2.38. The zero-order valence-electron chi connectivity index (χ0n) is 11.8. The van der Waals surface area contributed by atoms with Gasteiger partial charge in [0.05, 0.1) is 5.69 Å². The van der Waals surface area contributed by atoms with Gasteiger partial charge in [-0.15, -0.1) is 0 Å². The molecule has 4 nitrogen and oxygen atoms in total. The Labute approximate surface area is 119 Å². The molecule has 1 aromatic carbocycles. The van der Waals surface area contributed by atoms with Gasteiger partial charge in [-0.1, -0.05) is 19.9 Å². The monoisotopic (exact) mass is 300 g/mol. The average molecular weight is 300 g/mol. The van der Waals surface area contributed by atoms with Crippen LogP contribution in [0, 0.1) is 11.7 Å². The van der Waals surface area contributed by atoms with Crippen LogP contribution in [0.15, 0.2) is 23.1 Å². The largest absolute Gasteiger partial charge is 0.395 e. The van der Waals surface area contributed by atoms with Gasteiger partial charge in [0, 0.05) is 12.6 Å². The van der Waals surface area contributed by atoms with Crippen molar-refractivity contribution in [3.8, 4) is 0 Å². The molecule has 2 rings (SSSR count). The van der Waals surface area contributed by atoms with Gasteiger partial charge in [-0.25, -0.2) is 12.8 Å². The summed E-state index contributed by atoms with van der Waals surface area (Å²) in [6.45, 7) is 4.56. The second-order valence-electron chi connectivity index (χ2n) is 5.68. The first-order chi connectivity index (χ1) is 9.34. The zero-order valence-corrected chi connectivity index (χ0v) is 12.7. The molecule has 2 N–H and O–H groups in total. The maximum Gasteiger partial charge on any atom is 0.245 e. The summed E-state index contributed by atoms with van der Waals surface area (Å²) in [7, 11) is -3.72. The lowest BCUT2D eigenvalue weighted by Crippen LogP contribution is -2.35. The molecule has 1 aliphatic rings. The van der Waals surface area contributed by atoms with Crippen LogP contribution in [0.5, 0.6) is 0 Å². The highest BCUT2D eigenvalue weighted by Crippen LogP contribution is 2.34. The second-order valence-corrected chi connectivity index (χ2v) is 7.54. The van der Waals surface area contributed by atoms with Crippen LogP contribution in [0.25, 0.3) is 0 Å². The standard InChI is InChI=1S/C14H21FN2O2S/c1-10(2)8-9-17(11-6-7-11)20(18,19)13-5-3-4-12(15)14(13)16/h3-5,10-11H,6-9,16H2,1-2H3. The summed E-state index contributed by atoms with van der Waals surface area (Å²) >= 11 is 0. The maximum atomic E-state index is 13.5. The summed E-state index contributed by atoms with van der Waals surface area (Å²) in [5.74, 6) is -0.276. The minimum atomic E-state index is -3.72. The van der Waals surface area contributed by atoms with E-state index in [9.17, 15) is 12.8 Å². The number of para-hydroxylation sites is 1. The first-order valence-electron chi connectivity index (χ1n) is 6.90. The van der Waals surface area contributed by atoms with Gasteiger partial charge in [0.25, 0.3) is 0 Å². The summed E-state index contributed by atoms with van der Waals surface area (Å²) in [6, 6.07) is 3.97. The third-order valence-electron chi connectivity index (χ3n) is 3.48. The van der Waals surface area contributed by atoms with E-state index in [-0.39, 0.29) is 16.6 Å². The smallest absolute Gasteiger partial charge is 0.245 e. The summed E-state index contributed by atoms with van der Waals surface area (Å²) in [6.07, 6.45) is 2.52. The zero-order chi connectivity index (χ0) is 14.9. The lowest BCUT2D eigenvalue weighted by Gasteiger charge is -2.23. The average Bonchev–Trinajstić information content (AvgIpc) is 3.16. The number of sulfonamides is 1. The van der Waals surface area contributed by atoms with Gasteiger partial charge >= 0.3 is 0 Å². The molecular formula is C14H21FN2O2S. The number of anilines is 1. The number of benzene rings is 1. The Morgan fingerprint density at radius 2 is 2.05 bits per heavy atom. The van der Waals surface area contributed by atoms with Crippen LogP contribution in [-0.4, -0.2) is 25.3 Å². The molecule has 0 spiro atoms. The fourth-order valence-corrected chi connectivity index (χ4v) is 3.94. The molecular weight excluding hydrogens is 279 g/mol. The van der Waals surface area contributed by atoms with Crippen LogP contribution < -0.4 is 5.73 Å². The molecule has 0 atom stereocenters. The van der Waals surface area contributed by atoms with E-state index in [1.54, 1.807) is 0 Å². The highest BCUT2D eigenvalue weighted by molar-refractivity contribution is 7.89. The first kappa shape index (κ1) is 15.3. The molecule has 20 heavy (non-hydrogen) atoms. The predicted octanol–water partition coefficient (Wildman–Crippen LogP) is 2.61. The van der Waals surface area contributed by atoms with Gasteiger partial charge in [-0.2, -0.15) is 4.31 Å². The fraction of sp³-hybridized carbons (Fsp3) is 0.571. The minimum Gasteiger partial charge on any atom is -0.395 e. The topological polar surface area (TPSA) is 63.4 Å². The van der Waals surface area contributed by atoms with Gasteiger partial charge in [0.2, 0.25) is 10.0 Å². The van der Waals surface area contributed by atoms with Gasteiger partial charge in [0.1, 0.15) is 10.7 Å². The molecule has 0 unspecified atom stereocenters. The molecule has 0 saturated heterocycles. The van der Waals surface area contributed by atoms with Gasteiger partial charge in [0.15, 0.2) is 0 Å². The maximum absolute atomic E-state index is 13.5. The van der Waals surface area contributed by atoms with E-state index in [1.165, 1.54) is 22.5 Å². The minimum absolute atomic E-state index is 0.0430. The number of nitrogens with zero attached hydrogens (tertiary/aromatic N) is 1. The van der Waals surface area contributed by atoms with Crippen LogP contribution in [-0.2, 0) is 10.0 Å². The number of nitrogen functional groups attached to an aromatic ring is 1. The van der Waals surface area contributed by atoms with Crippen molar-refractivity contribution in [2.45, 2.75) is 44.0 Å². The number of rotatable bonds is 6. The van der Waals surface area contributed by atoms with Crippen molar-refractivity contribution in [3.05, 3.63) is 24.0 Å². The molecule has 1 saturated carbocycles. The van der Waals surface area contributed by atoms with Crippen molar-refractivity contribution in [2.24, 2.45) is 5.92 Å². The van der Waals surface area contributed by atoms with E-state index in [1.807, 2.05) is 13.8 Å². The second kappa shape index (κ2) is 5.69. The van der Waals surface area contributed by atoms with Gasteiger partial charge in [-0.05, 0) is 37.3 Å². The van der Waals surface area contributed by atoms with Crippen molar-refractivity contribution < 1.29 is 12.8 Å². The molecule has 1 aliphatic carbocycles. The Bertz CT molecular complexity index is 583. The van der Waals surface area contributed by atoms with Crippen molar-refractivity contribution in [3.63, 3.8) is 0 Å². The van der Waals surface area contributed by atoms with E-state index in [0.29, 0.717) is 12.5 Å². The number of nitrogens with two attached hydrogens (primary N) is 1. The molecule has 6 heteroatoms. The van der Waals surface area contributed by atoms with E-state index >= 15 is 0 Å². The number of hydrogen-bond acceptors (Lipinski definition) is 3. The predicted molar refractivity (Wildman–Crippen MR) is 77.2 cm³/mol. The molecule has 0 heterocycles. The van der Waals surface area contributed by atoms with E-state index in [2.05, 4.69) is 0 Å². The van der Waals surface area contributed by atoms with E-state index < -0.39 is 15.8 Å². The number of halogens is 1. The molecule has 0 radical (unpaired) electrons. The van der Waals surface area contributed by atoms with Crippen LogP contribution in [0.4, 0.5) is 10.1 Å². The Kier molecular flexibility index (Phi) is 4.34. The normalized spacial score (nSPS) is 16.1. The molecule has 0 aliphatic heterocycles. The summed E-state index contributed by atoms with van der Waals surface area (Å²) in [5, 5.41) is 0. The SMILES string of the molecule is CC(C)CCN(C1CC1)S(=O)(=O)c1cccc(F)c1N. The van der Waals surface area contributed by atoms with E-state index in [0.717, 1.165) is 19.3 Å². The van der Waals surface area contributed by atoms with Gasteiger partial charge in [-0.3, -0.25) is 0 Å². The summed E-state index contributed by atoms with van der Waals surface area (Å²) < 4.78 is 40.3. The molecule has 1 fully saturated rings. The molecule has 0 bridgehead atoms. The lowest BCUT2D eigenvalue weighted by molar-refractivity contribution is 0.373. The van der Waals surface area contributed by atoms with Crippen molar-refractivity contribution >= 4 is 15.7 Å². The highest BCUT2D eigenvalue weighted by atomic mass is 32.2. The lowest BCUT2D eigenvalue weighted by atomic mass is 10.1. The van der Waals surface area contributed by atoms with Crippen LogP contribution in [0.3, 0.4) is 0 Å². The Hall–Kier alpha value is -1.14. The fourth-order valence-electron chi connectivity index (χ4n) is 2.12. The quantitative estimate of drug-likeness (QED) is 0.821. The molecule has 1 aromatic rings. The Morgan fingerprint density at radius 3 is 2.60 bits per heavy atom. The first-order valence-corrected chi connectivity index (χ1v) is 8.34. The van der Waals surface area contributed by atoms with Gasteiger partial charge < -0.3 is 5.73 Å². The Balaban J connectivity index is 2.33. The third kappa shape index (κ3) is 3.12. The summed E-state index contributed by atoms with van der Waals surface area (Å²) in [4.78, 5) is -0.117. The van der Waals surface area contributed by atoms with Crippen molar-refractivity contribution in [1.82, 2.24) is 4.31 Å². The molecule has 0 aromatic heterocycles. The van der Waals surface area contributed by atoms with E-state index in [4.69, 9.17) is 5.73 Å². The van der Waals surface area contributed by atoms with Crippen molar-refractivity contribution in [2.75, 3.05) is 12.3 Å².